The number of likely N-dealkylation sites (N-methyl/N-ethyl adjacent to an activating group) is 1. The predicted molar refractivity (Wildman–Crippen MR) is 74.5 cm³/mol. The van der Waals surface area contributed by atoms with Crippen LogP contribution in [0, 0.1) is 0 Å². The largest absolute Gasteiger partial charge is 0.356 e. The van der Waals surface area contributed by atoms with Crippen molar-refractivity contribution in [3.05, 3.63) is 0 Å². The van der Waals surface area contributed by atoms with Gasteiger partial charge in [0, 0.05) is 32.7 Å². The molecule has 1 aliphatic carbocycles. The predicted octanol–water partition coefficient (Wildman–Crippen LogP) is 1.44. The van der Waals surface area contributed by atoms with E-state index in [1.807, 2.05) is 7.05 Å². The molecule has 0 bridgehead atoms. The van der Waals surface area contributed by atoms with Gasteiger partial charge in [0.25, 0.3) is 0 Å². The van der Waals surface area contributed by atoms with Gasteiger partial charge in [0.2, 0.25) is 0 Å². The van der Waals surface area contributed by atoms with E-state index in [1.165, 1.54) is 25.7 Å². The third-order valence-electron chi connectivity index (χ3n) is 3.47. The van der Waals surface area contributed by atoms with E-state index in [0.29, 0.717) is 0 Å². The first kappa shape index (κ1) is 14.3. The number of guanidine groups is 1. The second-order valence-electron chi connectivity index (χ2n) is 4.84. The number of aliphatic imine (C=N–C) groups is 1. The molecule has 0 heterocycles. The van der Waals surface area contributed by atoms with Crippen molar-refractivity contribution < 1.29 is 0 Å². The summed E-state index contributed by atoms with van der Waals surface area (Å²) in [5.41, 5.74) is 0. The van der Waals surface area contributed by atoms with Crippen LogP contribution < -0.4 is 10.6 Å². The van der Waals surface area contributed by atoms with E-state index in [0.717, 1.165) is 38.1 Å². The van der Waals surface area contributed by atoms with Gasteiger partial charge in [-0.15, -0.1) is 0 Å². The molecule has 4 heteroatoms. The van der Waals surface area contributed by atoms with Gasteiger partial charge in [-0.05, 0) is 26.3 Å². The van der Waals surface area contributed by atoms with Gasteiger partial charge in [0.1, 0.15) is 0 Å². The van der Waals surface area contributed by atoms with E-state index in [9.17, 15) is 0 Å². The Hall–Kier alpha value is -0.770. The molecule has 1 saturated carbocycles. The van der Waals surface area contributed by atoms with Crippen molar-refractivity contribution in [2.24, 2.45) is 4.99 Å². The van der Waals surface area contributed by atoms with Gasteiger partial charge in [-0.3, -0.25) is 4.99 Å². The minimum atomic E-state index is 0.808. The lowest BCUT2D eigenvalue weighted by molar-refractivity contribution is 0.249. The normalized spacial score (nSPS) is 17.8. The van der Waals surface area contributed by atoms with Crippen LogP contribution >= 0.6 is 0 Å². The van der Waals surface area contributed by atoms with Crippen molar-refractivity contribution in [3.63, 3.8) is 0 Å². The molecule has 0 aromatic heterocycles. The third-order valence-corrected chi connectivity index (χ3v) is 3.47. The van der Waals surface area contributed by atoms with E-state index in [1.54, 1.807) is 0 Å². The first-order valence-electron chi connectivity index (χ1n) is 6.92. The number of nitrogens with one attached hydrogen (secondary N) is 2. The molecule has 0 aromatic rings. The second kappa shape index (κ2) is 8.34. The van der Waals surface area contributed by atoms with Crippen molar-refractivity contribution in [1.29, 1.82) is 0 Å². The standard InChI is InChI=1S/C13H28N4/c1-4-9-15-13(14-2)16-10-11-17(3)12-7-5-6-8-12/h12H,4-11H2,1-3H3,(H2,14,15,16). The molecule has 17 heavy (non-hydrogen) atoms. The molecular formula is C13H28N4. The van der Waals surface area contributed by atoms with E-state index in [-0.39, 0.29) is 0 Å². The molecule has 2 N–H and O–H groups in total. The van der Waals surface area contributed by atoms with Gasteiger partial charge in [-0.1, -0.05) is 19.8 Å². The second-order valence-corrected chi connectivity index (χ2v) is 4.84. The molecule has 100 valence electrons. The maximum absolute atomic E-state index is 4.20. The molecule has 0 saturated heterocycles. The Morgan fingerprint density at radius 3 is 2.47 bits per heavy atom. The number of nitrogens with zero attached hydrogens (tertiary/aromatic N) is 2. The highest BCUT2D eigenvalue weighted by molar-refractivity contribution is 5.79. The highest BCUT2D eigenvalue weighted by Crippen LogP contribution is 2.21. The zero-order valence-electron chi connectivity index (χ0n) is 11.6. The van der Waals surface area contributed by atoms with Crippen LogP contribution in [0.25, 0.3) is 0 Å². The summed E-state index contributed by atoms with van der Waals surface area (Å²) in [5.74, 6) is 0.923. The van der Waals surface area contributed by atoms with Crippen molar-refractivity contribution in [3.8, 4) is 0 Å². The van der Waals surface area contributed by atoms with Gasteiger partial charge in [0.15, 0.2) is 5.96 Å². The monoisotopic (exact) mass is 240 g/mol. The van der Waals surface area contributed by atoms with Gasteiger partial charge < -0.3 is 15.5 Å². The molecule has 1 fully saturated rings. The molecule has 0 unspecified atom stereocenters. The smallest absolute Gasteiger partial charge is 0.191 e. The molecule has 0 aromatic carbocycles. The molecule has 0 amide bonds. The Bertz CT molecular complexity index is 221. The average molecular weight is 240 g/mol. The Morgan fingerprint density at radius 2 is 1.88 bits per heavy atom. The van der Waals surface area contributed by atoms with Crippen LogP contribution in [0.4, 0.5) is 0 Å². The summed E-state index contributed by atoms with van der Waals surface area (Å²) in [6.07, 6.45) is 6.69. The van der Waals surface area contributed by atoms with Crippen LogP contribution in [0.3, 0.4) is 0 Å². The highest BCUT2D eigenvalue weighted by Gasteiger charge is 2.18. The van der Waals surface area contributed by atoms with Crippen molar-refractivity contribution in [2.45, 2.75) is 45.1 Å². The molecule has 0 spiro atoms. The highest BCUT2D eigenvalue weighted by atomic mass is 15.2. The minimum absolute atomic E-state index is 0.808. The van der Waals surface area contributed by atoms with E-state index in [2.05, 4.69) is 34.5 Å². The molecule has 1 rings (SSSR count). The van der Waals surface area contributed by atoms with Crippen LogP contribution in [0.15, 0.2) is 4.99 Å². The maximum Gasteiger partial charge on any atom is 0.191 e. The van der Waals surface area contributed by atoms with Crippen LogP contribution in [-0.4, -0.2) is 50.6 Å². The number of hydrogen-bond donors (Lipinski definition) is 2. The third kappa shape index (κ3) is 5.39. The van der Waals surface area contributed by atoms with E-state index >= 15 is 0 Å². The molecular weight excluding hydrogens is 212 g/mol. The summed E-state index contributed by atoms with van der Waals surface area (Å²) in [5, 5.41) is 6.64. The van der Waals surface area contributed by atoms with E-state index < -0.39 is 0 Å². The minimum Gasteiger partial charge on any atom is -0.356 e. The molecule has 4 nitrogen and oxygen atoms in total. The lowest BCUT2D eigenvalue weighted by atomic mass is 10.2. The first-order chi connectivity index (χ1) is 8.27. The van der Waals surface area contributed by atoms with Crippen LogP contribution in [0.5, 0.6) is 0 Å². The topological polar surface area (TPSA) is 39.7 Å². The quantitative estimate of drug-likeness (QED) is 0.545. The van der Waals surface area contributed by atoms with Gasteiger partial charge >= 0.3 is 0 Å². The van der Waals surface area contributed by atoms with Crippen LogP contribution in [0.2, 0.25) is 0 Å². The summed E-state index contributed by atoms with van der Waals surface area (Å²) in [6.45, 7) is 5.21. The Morgan fingerprint density at radius 1 is 1.24 bits per heavy atom. The Kier molecular flexibility index (Phi) is 7.01. The summed E-state index contributed by atoms with van der Waals surface area (Å²) in [7, 11) is 4.06. The Labute approximate surface area is 106 Å². The van der Waals surface area contributed by atoms with Crippen molar-refractivity contribution in [1.82, 2.24) is 15.5 Å². The summed E-state index contributed by atoms with van der Waals surface area (Å²) in [4.78, 5) is 6.68. The Balaban J connectivity index is 2.12. The lowest BCUT2D eigenvalue weighted by Gasteiger charge is -2.24. The fourth-order valence-electron chi connectivity index (χ4n) is 2.34. The SMILES string of the molecule is CCCNC(=NC)NCCN(C)C1CCCC1. The first-order valence-corrected chi connectivity index (χ1v) is 6.92. The summed E-state index contributed by atoms with van der Waals surface area (Å²) >= 11 is 0. The average Bonchev–Trinajstić information content (AvgIpc) is 2.87. The van der Waals surface area contributed by atoms with Gasteiger partial charge in [-0.25, -0.2) is 0 Å². The van der Waals surface area contributed by atoms with Crippen LogP contribution in [-0.2, 0) is 0 Å². The molecule has 0 radical (unpaired) electrons. The van der Waals surface area contributed by atoms with E-state index in [4.69, 9.17) is 0 Å². The number of rotatable bonds is 6. The van der Waals surface area contributed by atoms with Crippen molar-refractivity contribution in [2.75, 3.05) is 33.7 Å². The zero-order chi connectivity index (χ0) is 12.5. The number of hydrogen-bond acceptors (Lipinski definition) is 2. The fraction of sp³-hybridized carbons (Fsp3) is 0.923. The zero-order valence-corrected chi connectivity index (χ0v) is 11.6. The molecule has 0 aliphatic heterocycles. The fourth-order valence-corrected chi connectivity index (χ4v) is 2.34. The molecule has 1 aliphatic rings. The van der Waals surface area contributed by atoms with Crippen LogP contribution in [0.1, 0.15) is 39.0 Å². The van der Waals surface area contributed by atoms with Gasteiger partial charge in [-0.2, -0.15) is 0 Å². The summed E-state index contributed by atoms with van der Waals surface area (Å²) in [6, 6.07) is 0.808. The lowest BCUT2D eigenvalue weighted by Crippen LogP contribution is -2.42. The van der Waals surface area contributed by atoms with Gasteiger partial charge in [0.05, 0.1) is 0 Å². The molecule has 0 atom stereocenters. The van der Waals surface area contributed by atoms with Crippen molar-refractivity contribution >= 4 is 5.96 Å². The maximum atomic E-state index is 4.20. The summed E-state index contributed by atoms with van der Waals surface area (Å²) < 4.78 is 0.